The van der Waals surface area contributed by atoms with Gasteiger partial charge >= 0.3 is 0 Å². The Bertz CT molecular complexity index is 49.2. The first-order valence-electron chi connectivity index (χ1n) is 1.67. The molecule has 0 unspecified atom stereocenters. The van der Waals surface area contributed by atoms with Crippen LogP contribution in [-0.2, 0) is 0 Å². The summed E-state index contributed by atoms with van der Waals surface area (Å²) in [5.41, 5.74) is 0. The van der Waals surface area contributed by atoms with Gasteiger partial charge in [0.2, 0.25) is 0 Å². The number of rotatable bonds is 0. The summed E-state index contributed by atoms with van der Waals surface area (Å²) in [5, 5.41) is 0. The first-order chi connectivity index (χ1) is 2.27. The Morgan fingerprint density at radius 1 is 1.60 bits per heavy atom. The summed E-state index contributed by atoms with van der Waals surface area (Å²) in [5.74, 6) is 0. The second-order valence-corrected chi connectivity index (χ2v) is 1.24. The lowest BCUT2D eigenvalue weighted by atomic mass is 10.4. The van der Waals surface area contributed by atoms with E-state index in [1.165, 1.54) is 0 Å². The molecule has 0 radical (unpaired) electrons. The summed E-state index contributed by atoms with van der Waals surface area (Å²) in [4.78, 5) is 3.39. The van der Waals surface area contributed by atoms with Crippen LogP contribution in [0.2, 0.25) is 0 Å². The molecule has 1 heteroatoms. The SMILES string of the molecule is C#[N+]C(C)C. The average Bonchev–Trinajstić information content (AvgIpc) is 1.38. The number of nitrogens with zero attached hydrogens (tertiary/aromatic N) is 1. The molecule has 0 aromatic rings. The predicted octanol–water partition coefficient (Wildman–Crippen LogP) is 1.36. The van der Waals surface area contributed by atoms with Crippen molar-refractivity contribution in [3.8, 4) is 6.57 Å². The van der Waals surface area contributed by atoms with Gasteiger partial charge in [0.05, 0.1) is 0 Å². The fraction of sp³-hybridized carbons (Fsp3) is 0.750. The van der Waals surface area contributed by atoms with E-state index in [0.29, 0.717) is 0 Å². The van der Waals surface area contributed by atoms with Crippen molar-refractivity contribution in [2.75, 3.05) is 0 Å². The third-order valence-electron chi connectivity index (χ3n) is 0.298. The highest BCUT2D eigenvalue weighted by Gasteiger charge is 1.90. The van der Waals surface area contributed by atoms with Crippen LogP contribution in [0.3, 0.4) is 0 Å². The summed E-state index contributed by atoms with van der Waals surface area (Å²) in [7, 11) is 0. The zero-order chi connectivity index (χ0) is 4.28. The maximum Gasteiger partial charge on any atom is 0.266 e. The molecule has 0 rings (SSSR count). The van der Waals surface area contributed by atoms with E-state index in [0.717, 1.165) is 0 Å². The lowest BCUT2D eigenvalue weighted by Crippen LogP contribution is -1.78. The Morgan fingerprint density at radius 3 is 1.80 bits per heavy atom. The highest BCUT2D eigenvalue weighted by atomic mass is 14.7. The standard InChI is InChI=1S/C4H8N/c1-4(2)5-3/h3-4H,1-2H3/q+1. The quantitative estimate of drug-likeness (QED) is 0.405. The molecule has 0 aliphatic rings. The summed E-state index contributed by atoms with van der Waals surface area (Å²) < 4.78 is 0. The molecule has 0 saturated carbocycles. The second-order valence-electron chi connectivity index (χ2n) is 1.24. The fourth-order valence-corrected chi connectivity index (χ4v) is 0. The average molecular weight is 70.1 g/mol. The van der Waals surface area contributed by atoms with Gasteiger partial charge in [-0.1, -0.05) is 4.85 Å². The Labute approximate surface area is 32.4 Å². The molecule has 0 aromatic carbocycles. The molecule has 28 valence electrons. The van der Waals surface area contributed by atoms with Crippen molar-refractivity contribution in [3.63, 3.8) is 0 Å². The minimum atomic E-state index is 0.287. The molecule has 0 aromatic heterocycles. The molecular formula is C4H8N+. The highest BCUT2D eigenvalue weighted by Crippen LogP contribution is 1.78. The van der Waals surface area contributed by atoms with Gasteiger partial charge in [0.15, 0.2) is 0 Å². The molecule has 0 aliphatic carbocycles. The van der Waals surface area contributed by atoms with E-state index in [-0.39, 0.29) is 6.04 Å². The van der Waals surface area contributed by atoms with Crippen LogP contribution < -0.4 is 0 Å². The van der Waals surface area contributed by atoms with Crippen LogP contribution in [-0.4, -0.2) is 6.04 Å². The summed E-state index contributed by atoms with van der Waals surface area (Å²) in [6.45, 7) is 8.66. The van der Waals surface area contributed by atoms with Crippen LogP contribution in [0.5, 0.6) is 0 Å². The Morgan fingerprint density at radius 2 is 1.80 bits per heavy atom. The molecule has 0 atom stereocenters. The van der Waals surface area contributed by atoms with E-state index >= 15 is 0 Å². The molecule has 0 spiro atoms. The van der Waals surface area contributed by atoms with Crippen molar-refractivity contribution in [2.45, 2.75) is 19.9 Å². The van der Waals surface area contributed by atoms with Crippen molar-refractivity contribution >= 4 is 0 Å². The largest absolute Gasteiger partial charge is 0.266 e. The summed E-state index contributed by atoms with van der Waals surface area (Å²) in [6.07, 6.45) is 0. The molecule has 0 amide bonds. The molecule has 0 saturated heterocycles. The zero-order valence-corrected chi connectivity index (χ0v) is 3.60. The van der Waals surface area contributed by atoms with Gasteiger partial charge < -0.3 is 0 Å². The van der Waals surface area contributed by atoms with E-state index in [1.807, 2.05) is 13.8 Å². The molecule has 0 bridgehead atoms. The molecule has 0 heterocycles. The van der Waals surface area contributed by atoms with Gasteiger partial charge in [-0.25, -0.2) is 0 Å². The zero-order valence-electron chi connectivity index (χ0n) is 3.60. The van der Waals surface area contributed by atoms with Crippen molar-refractivity contribution in [1.82, 2.24) is 0 Å². The third kappa shape index (κ3) is 3.49. The molecule has 0 N–H and O–H groups in total. The predicted molar refractivity (Wildman–Crippen MR) is 23.4 cm³/mol. The summed E-state index contributed by atoms with van der Waals surface area (Å²) >= 11 is 0. The number of hydrogen-bond acceptors (Lipinski definition) is 0. The van der Waals surface area contributed by atoms with Gasteiger partial charge in [0, 0.05) is 13.8 Å². The van der Waals surface area contributed by atoms with Crippen molar-refractivity contribution in [3.05, 3.63) is 4.85 Å². The van der Waals surface area contributed by atoms with Crippen LogP contribution in [0.25, 0.3) is 4.85 Å². The van der Waals surface area contributed by atoms with E-state index in [9.17, 15) is 0 Å². The molecule has 1 nitrogen and oxygen atoms in total. The molecule has 0 fully saturated rings. The monoisotopic (exact) mass is 70.1 g/mol. The smallest absolute Gasteiger partial charge is 0.0843 e. The molecule has 0 aliphatic heterocycles. The molecule has 5 heavy (non-hydrogen) atoms. The van der Waals surface area contributed by atoms with Crippen molar-refractivity contribution in [1.29, 1.82) is 0 Å². The molecular weight excluding hydrogens is 62.1 g/mol. The normalized spacial score (nSPS) is 7.60. The maximum absolute atomic E-state index is 4.80. The summed E-state index contributed by atoms with van der Waals surface area (Å²) in [6, 6.07) is 0.287. The lowest BCUT2D eigenvalue weighted by Gasteiger charge is -1.65. The fourth-order valence-electron chi connectivity index (χ4n) is 0. The van der Waals surface area contributed by atoms with Crippen LogP contribution in [0.15, 0.2) is 0 Å². The minimum absolute atomic E-state index is 0.287. The Balaban J connectivity index is 2.94. The van der Waals surface area contributed by atoms with Crippen LogP contribution in [0, 0.1) is 6.57 Å². The topological polar surface area (TPSA) is 4.36 Å². The van der Waals surface area contributed by atoms with E-state index in [4.69, 9.17) is 6.57 Å². The van der Waals surface area contributed by atoms with Gasteiger partial charge in [-0.15, -0.1) is 0 Å². The van der Waals surface area contributed by atoms with Gasteiger partial charge in [-0.2, -0.15) is 0 Å². The van der Waals surface area contributed by atoms with Gasteiger partial charge in [0.1, 0.15) is 0 Å². The minimum Gasteiger partial charge on any atom is -0.0843 e. The van der Waals surface area contributed by atoms with E-state index in [1.54, 1.807) is 0 Å². The van der Waals surface area contributed by atoms with Gasteiger partial charge in [-0.05, 0) is 0 Å². The first kappa shape index (κ1) is 4.49. The Hall–Kier alpha value is -0.510. The van der Waals surface area contributed by atoms with Crippen LogP contribution in [0.1, 0.15) is 13.8 Å². The van der Waals surface area contributed by atoms with Crippen LogP contribution >= 0.6 is 0 Å². The van der Waals surface area contributed by atoms with Crippen molar-refractivity contribution in [2.24, 2.45) is 0 Å². The van der Waals surface area contributed by atoms with Crippen LogP contribution in [0.4, 0.5) is 0 Å². The Kier molecular flexibility index (Phi) is 1.60. The lowest BCUT2D eigenvalue weighted by molar-refractivity contribution is 0.979. The van der Waals surface area contributed by atoms with E-state index in [2.05, 4.69) is 4.85 Å². The van der Waals surface area contributed by atoms with E-state index < -0.39 is 0 Å². The maximum atomic E-state index is 4.80. The first-order valence-corrected chi connectivity index (χ1v) is 1.67. The highest BCUT2D eigenvalue weighted by molar-refractivity contribution is 4.71. The van der Waals surface area contributed by atoms with Crippen molar-refractivity contribution < 1.29 is 0 Å². The third-order valence-corrected chi connectivity index (χ3v) is 0.298. The van der Waals surface area contributed by atoms with Gasteiger partial charge in [-0.3, -0.25) is 0 Å². The van der Waals surface area contributed by atoms with Gasteiger partial charge in [0.25, 0.3) is 12.6 Å². The number of hydrogen-bond donors (Lipinski definition) is 0. The second kappa shape index (κ2) is 1.78.